The molecule has 0 unspecified atom stereocenters. The summed E-state index contributed by atoms with van der Waals surface area (Å²) in [5.41, 5.74) is 6.73. The van der Waals surface area contributed by atoms with Gasteiger partial charge in [-0.1, -0.05) is 0 Å². The predicted octanol–water partition coefficient (Wildman–Crippen LogP) is 1.38. The second kappa shape index (κ2) is 5.05. The lowest BCUT2D eigenvalue weighted by molar-refractivity contribution is -0.384. The Morgan fingerprint density at radius 2 is 2.37 bits per heavy atom. The molecule has 0 radical (unpaired) electrons. The van der Waals surface area contributed by atoms with Gasteiger partial charge >= 0.3 is 0 Å². The summed E-state index contributed by atoms with van der Waals surface area (Å²) in [5, 5.41) is 28.9. The molecule has 1 heterocycles. The van der Waals surface area contributed by atoms with Crippen molar-refractivity contribution < 1.29 is 4.92 Å². The molecule has 8 heteroatoms. The number of nitriles is 1. The summed E-state index contributed by atoms with van der Waals surface area (Å²) >= 11 is 0. The fourth-order valence-electron chi connectivity index (χ4n) is 1.55. The van der Waals surface area contributed by atoms with E-state index in [4.69, 9.17) is 11.0 Å². The van der Waals surface area contributed by atoms with E-state index in [0.29, 0.717) is 23.6 Å². The molecule has 0 spiro atoms. The predicted molar refractivity (Wildman–Crippen MR) is 68.1 cm³/mol. The number of nitro groups is 1. The smallest absolute Gasteiger partial charge is 0.293 e. The summed E-state index contributed by atoms with van der Waals surface area (Å²) in [6.07, 6.45) is 1.54. The van der Waals surface area contributed by atoms with Crippen molar-refractivity contribution in [2.45, 2.75) is 6.54 Å². The summed E-state index contributed by atoms with van der Waals surface area (Å²) in [6.45, 7) is 0.301. The first-order valence-electron chi connectivity index (χ1n) is 5.32. The number of nitrogens with two attached hydrogens (primary N) is 1. The highest BCUT2D eigenvalue weighted by Crippen LogP contribution is 2.26. The molecule has 0 aliphatic carbocycles. The molecule has 0 saturated heterocycles. The van der Waals surface area contributed by atoms with Crippen molar-refractivity contribution >= 4 is 17.2 Å². The minimum absolute atomic E-state index is 0.152. The number of nitrogens with zero attached hydrogens (tertiary/aromatic N) is 3. The van der Waals surface area contributed by atoms with Crippen LogP contribution in [-0.2, 0) is 6.54 Å². The molecular weight excluding hydrogens is 248 g/mol. The van der Waals surface area contributed by atoms with E-state index in [2.05, 4.69) is 15.5 Å². The number of benzene rings is 1. The number of H-pyrrole nitrogens is 1. The normalized spacial score (nSPS) is 9.84. The minimum atomic E-state index is -0.540. The van der Waals surface area contributed by atoms with Gasteiger partial charge in [-0.05, 0) is 12.1 Å². The van der Waals surface area contributed by atoms with E-state index in [1.165, 1.54) is 24.4 Å². The molecule has 1 aromatic heterocycles. The topological polar surface area (TPSA) is 134 Å². The Bertz CT molecular complexity index is 657. The number of hydrogen-bond acceptors (Lipinski definition) is 6. The highest BCUT2D eigenvalue weighted by atomic mass is 16.6. The van der Waals surface area contributed by atoms with Crippen molar-refractivity contribution in [2.24, 2.45) is 0 Å². The average Bonchev–Trinajstić information content (AvgIpc) is 2.81. The SMILES string of the molecule is N#Cc1ccc(NCc2cn[nH]c2N)c([N+](=O)[O-])c1. The maximum Gasteiger partial charge on any atom is 0.293 e. The van der Waals surface area contributed by atoms with E-state index in [0.717, 1.165) is 0 Å². The number of nitrogens with one attached hydrogen (secondary N) is 2. The molecule has 0 aliphatic rings. The highest BCUT2D eigenvalue weighted by Gasteiger charge is 2.14. The number of aromatic amines is 1. The van der Waals surface area contributed by atoms with E-state index < -0.39 is 4.92 Å². The molecule has 0 fully saturated rings. The quantitative estimate of drug-likeness (QED) is 0.560. The molecule has 19 heavy (non-hydrogen) atoms. The summed E-state index contributed by atoms with van der Waals surface area (Å²) in [6, 6.07) is 6.09. The Morgan fingerprint density at radius 1 is 1.58 bits per heavy atom. The number of anilines is 2. The second-order valence-corrected chi connectivity index (χ2v) is 3.76. The average molecular weight is 258 g/mol. The van der Waals surface area contributed by atoms with Gasteiger partial charge in [-0.15, -0.1) is 0 Å². The Kier molecular flexibility index (Phi) is 3.29. The summed E-state index contributed by atoms with van der Waals surface area (Å²) in [5.74, 6) is 0.406. The Balaban J connectivity index is 2.23. The number of rotatable bonds is 4. The van der Waals surface area contributed by atoms with E-state index in [-0.39, 0.29) is 11.3 Å². The van der Waals surface area contributed by atoms with Gasteiger partial charge in [0.05, 0.1) is 22.8 Å². The van der Waals surface area contributed by atoms with E-state index >= 15 is 0 Å². The van der Waals surface area contributed by atoms with E-state index in [1.807, 2.05) is 6.07 Å². The standard InChI is InChI=1S/C11H10N6O2/c12-4-7-1-2-9(10(3-7)17(18)19)14-5-8-6-15-16-11(8)13/h1-3,6,14H,5H2,(H3,13,15,16). The summed E-state index contributed by atoms with van der Waals surface area (Å²) < 4.78 is 0. The molecule has 0 amide bonds. The lowest BCUT2D eigenvalue weighted by atomic mass is 10.2. The van der Waals surface area contributed by atoms with Gasteiger partial charge in [0, 0.05) is 18.2 Å². The number of hydrogen-bond donors (Lipinski definition) is 3. The molecule has 0 aliphatic heterocycles. The van der Waals surface area contributed by atoms with Gasteiger partial charge in [-0.25, -0.2) is 0 Å². The van der Waals surface area contributed by atoms with Crippen LogP contribution >= 0.6 is 0 Å². The molecule has 8 nitrogen and oxygen atoms in total. The molecule has 2 rings (SSSR count). The zero-order chi connectivity index (χ0) is 13.8. The molecule has 96 valence electrons. The van der Waals surface area contributed by atoms with Crippen LogP contribution in [-0.4, -0.2) is 15.1 Å². The maximum atomic E-state index is 10.9. The monoisotopic (exact) mass is 258 g/mol. The van der Waals surface area contributed by atoms with Crippen LogP contribution in [0.2, 0.25) is 0 Å². The zero-order valence-corrected chi connectivity index (χ0v) is 9.75. The lowest BCUT2D eigenvalue weighted by Crippen LogP contribution is -2.04. The van der Waals surface area contributed by atoms with Crippen LogP contribution < -0.4 is 11.1 Å². The van der Waals surface area contributed by atoms with Gasteiger partial charge < -0.3 is 11.1 Å². The maximum absolute atomic E-state index is 10.9. The first-order chi connectivity index (χ1) is 9.11. The van der Waals surface area contributed by atoms with Crippen LogP contribution in [0, 0.1) is 21.4 Å². The molecule has 0 bridgehead atoms. The van der Waals surface area contributed by atoms with Crippen molar-refractivity contribution in [2.75, 3.05) is 11.1 Å². The second-order valence-electron chi connectivity index (χ2n) is 3.76. The molecule has 1 aromatic carbocycles. The fraction of sp³-hybridized carbons (Fsp3) is 0.0909. The number of aromatic nitrogens is 2. The van der Waals surface area contributed by atoms with Crippen molar-refractivity contribution in [1.82, 2.24) is 10.2 Å². The first kappa shape index (κ1) is 12.4. The Morgan fingerprint density at radius 3 is 2.95 bits per heavy atom. The lowest BCUT2D eigenvalue weighted by Gasteiger charge is -2.06. The Hall–Kier alpha value is -3.08. The van der Waals surface area contributed by atoms with Gasteiger partial charge in [0.1, 0.15) is 11.5 Å². The Labute approximate surface area is 108 Å². The van der Waals surface area contributed by atoms with Crippen molar-refractivity contribution in [3.8, 4) is 6.07 Å². The number of nitrogen functional groups attached to an aromatic ring is 1. The highest BCUT2D eigenvalue weighted by molar-refractivity contribution is 5.64. The third-order valence-corrected chi connectivity index (χ3v) is 2.54. The van der Waals surface area contributed by atoms with Gasteiger partial charge in [-0.3, -0.25) is 15.2 Å². The third-order valence-electron chi connectivity index (χ3n) is 2.54. The van der Waals surface area contributed by atoms with Crippen molar-refractivity contribution in [3.05, 3.63) is 45.6 Å². The van der Waals surface area contributed by atoms with Crippen LogP contribution in [0.5, 0.6) is 0 Å². The van der Waals surface area contributed by atoms with Crippen LogP contribution in [0.1, 0.15) is 11.1 Å². The molecular formula is C11H10N6O2. The first-order valence-corrected chi connectivity index (χ1v) is 5.32. The molecule has 4 N–H and O–H groups in total. The zero-order valence-electron chi connectivity index (χ0n) is 9.75. The van der Waals surface area contributed by atoms with Crippen LogP contribution in [0.4, 0.5) is 17.2 Å². The van der Waals surface area contributed by atoms with Crippen LogP contribution in [0.25, 0.3) is 0 Å². The summed E-state index contributed by atoms with van der Waals surface area (Å²) in [7, 11) is 0. The molecule has 0 saturated carbocycles. The fourth-order valence-corrected chi connectivity index (χ4v) is 1.55. The summed E-state index contributed by atoms with van der Waals surface area (Å²) in [4.78, 5) is 10.4. The van der Waals surface area contributed by atoms with Crippen molar-refractivity contribution in [3.63, 3.8) is 0 Å². The van der Waals surface area contributed by atoms with Gasteiger partial charge in [0.2, 0.25) is 0 Å². The van der Waals surface area contributed by atoms with Crippen LogP contribution in [0.15, 0.2) is 24.4 Å². The number of nitro benzene ring substituents is 1. The van der Waals surface area contributed by atoms with Gasteiger partial charge in [0.15, 0.2) is 0 Å². The van der Waals surface area contributed by atoms with Crippen LogP contribution in [0.3, 0.4) is 0 Å². The largest absolute Gasteiger partial charge is 0.384 e. The third kappa shape index (κ3) is 2.61. The van der Waals surface area contributed by atoms with E-state index in [9.17, 15) is 10.1 Å². The molecule has 0 atom stereocenters. The van der Waals surface area contributed by atoms with E-state index in [1.54, 1.807) is 0 Å². The van der Waals surface area contributed by atoms with Crippen molar-refractivity contribution in [1.29, 1.82) is 5.26 Å². The molecule has 2 aromatic rings. The van der Waals surface area contributed by atoms with Gasteiger partial charge in [0.25, 0.3) is 5.69 Å². The van der Waals surface area contributed by atoms with Gasteiger partial charge in [-0.2, -0.15) is 10.4 Å². The minimum Gasteiger partial charge on any atom is -0.384 e.